The number of aldehydes is 1. The fourth-order valence-corrected chi connectivity index (χ4v) is 0.667. The first-order valence-corrected chi connectivity index (χ1v) is 2.68. The first-order valence-electron chi connectivity index (χ1n) is 2.68. The third-order valence-corrected chi connectivity index (χ3v) is 1.07. The van der Waals surface area contributed by atoms with Crippen LogP contribution in [0.2, 0.25) is 0 Å². The molecule has 0 amide bonds. The molecule has 0 radical (unpaired) electrons. The van der Waals surface area contributed by atoms with Gasteiger partial charge in [0.05, 0.1) is 6.42 Å². The highest BCUT2D eigenvalue weighted by Gasteiger charge is 2.15. The molecular formula is C6H6O3. The van der Waals surface area contributed by atoms with E-state index in [-0.39, 0.29) is 5.97 Å². The van der Waals surface area contributed by atoms with Crippen molar-refractivity contribution in [1.82, 2.24) is 0 Å². The van der Waals surface area contributed by atoms with Crippen LogP contribution in [0.5, 0.6) is 0 Å². The Balaban J connectivity index is 2.57. The highest BCUT2D eigenvalue weighted by atomic mass is 16.5. The first kappa shape index (κ1) is 6.01. The summed E-state index contributed by atoms with van der Waals surface area (Å²) in [6, 6.07) is 0. The summed E-state index contributed by atoms with van der Waals surface area (Å²) < 4.78 is 4.59. The number of hydrogen-bond acceptors (Lipinski definition) is 3. The fraction of sp³-hybridized carbons (Fsp3) is 0.333. The molecular weight excluding hydrogens is 120 g/mol. The molecule has 1 heterocycles. The minimum Gasteiger partial charge on any atom is -0.431 e. The van der Waals surface area contributed by atoms with Crippen molar-refractivity contribution in [3.05, 3.63) is 11.8 Å². The summed E-state index contributed by atoms with van der Waals surface area (Å²) in [5, 5.41) is 0. The number of hydrogen-bond donors (Lipinski definition) is 0. The lowest BCUT2D eigenvalue weighted by atomic mass is 10.3. The van der Waals surface area contributed by atoms with E-state index in [1.807, 2.05) is 0 Å². The highest BCUT2D eigenvalue weighted by Crippen LogP contribution is 2.15. The quantitative estimate of drug-likeness (QED) is 0.290. The molecule has 0 aromatic carbocycles. The Morgan fingerprint density at radius 2 is 2.22 bits per heavy atom. The van der Waals surface area contributed by atoms with Crippen LogP contribution in [-0.2, 0) is 14.3 Å². The summed E-state index contributed by atoms with van der Waals surface area (Å²) in [5.41, 5.74) is 0. The zero-order valence-electron chi connectivity index (χ0n) is 4.79. The molecule has 1 aliphatic heterocycles. The zero-order valence-corrected chi connectivity index (χ0v) is 4.79. The van der Waals surface area contributed by atoms with Crippen LogP contribution in [0.25, 0.3) is 0 Å². The van der Waals surface area contributed by atoms with E-state index in [0.29, 0.717) is 24.9 Å². The molecule has 0 aromatic heterocycles. The average Bonchev–Trinajstić information content (AvgIpc) is 2.17. The normalized spacial score (nSPS) is 22.2. The summed E-state index contributed by atoms with van der Waals surface area (Å²) in [6.45, 7) is 0. The number of cyclic esters (lactones) is 1. The van der Waals surface area contributed by atoms with E-state index in [2.05, 4.69) is 4.74 Å². The van der Waals surface area contributed by atoms with Crippen molar-refractivity contribution in [2.45, 2.75) is 12.8 Å². The molecule has 0 aromatic rings. The predicted molar refractivity (Wildman–Crippen MR) is 29.5 cm³/mol. The summed E-state index contributed by atoms with van der Waals surface area (Å²) in [6.07, 6.45) is 2.86. The number of esters is 1. The van der Waals surface area contributed by atoms with Gasteiger partial charge in [-0.1, -0.05) is 0 Å². The van der Waals surface area contributed by atoms with E-state index in [0.717, 1.165) is 0 Å². The number of carbonyl (C=O) groups excluding carboxylic acids is 2. The van der Waals surface area contributed by atoms with E-state index in [4.69, 9.17) is 0 Å². The molecule has 1 aliphatic rings. The van der Waals surface area contributed by atoms with Crippen LogP contribution in [-0.4, -0.2) is 12.3 Å². The summed E-state index contributed by atoms with van der Waals surface area (Å²) in [5.74, 6) is 0.234. The molecule has 3 heteroatoms. The highest BCUT2D eigenvalue weighted by molar-refractivity contribution is 5.75. The lowest BCUT2D eigenvalue weighted by Gasteiger charge is -1.88. The SMILES string of the molecule is O=C/C=C1\CCC(=O)O1. The lowest BCUT2D eigenvalue weighted by molar-refractivity contribution is -0.135. The van der Waals surface area contributed by atoms with Crippen molar-refractivity contribution in [2.24, 2.45) is 0 Å². The number of ether oxygens (including phenoxy) is 1. The maximum absolute atomic E-state index is 10.3. The van der Waals surface area contributed by atoms with Gasteiger partial charge in [-0.25, -0.2) is 0 Å². The largest absolute Gasteiger partial charge is 0.431 e. The minimum atomic E-state index is -0.247. The third-order valence-electron chi connectivity index (χ3n) is 1.07. The fourth-order valence-electron chi connectivity index (χ4n) is 0.667. The molecule has 1 saturated heterocycles. The molecule has 0 bridgehead atoms. The molecule has 0 unspecified atom stereocenters. The van der Waals surface area contributed by atoms with Gasteiger partial charge in [-0.15, -0.1) is 0 Å². The van der Waals surface area contributed by atoms with Gasteiger partial charge in [-0.05, 0) is 0 Å². The molecule has 0 saturated carbocycles. The molecule has 1 fully saturated rings. The Kier molecular flexibility index (Phi) is 1.63. The van der Waals surface area contributed by atoms with Crippen LogP contribution >= 0.6 is 0 Å². The Labute approximate surface area is 52.3 Å². The van der Waals surface area contributed by atoms with Gasteiger partial charge < -0.3 is 4.74 Å². The van der Waals surface area contributed by atoms with Gasteiger partial charge >= 0.3 is 5.97 Å². The van der Waals surface area contributed by atoms with Gasteiger partial charge in [-0.3, -0.25) is 9.59 Å². The minimum absolute atomic E-state index is 0.247. The van der Waals surface area contributed by atoms with Crippen molar-refractivity contribution in [3.8, 4) is 0 Å². The number of carbonyl (C=O) groups is 2. The first-order chi connectivity index (χ1) is 4.33. The van der Waals surface area contributed by atoms with Crippen LogP contribution in [0.1, 0.15) is 12.8 Å². The molecule has 0 aliphatic carbocycles. The molecule has 0 spiro atoms. The topological polar surface area (TPSA) is 43.4 Å². The maximum Gasteiger partial charge on any atom is 0.311 e. The molecule has 48 valence electrons. The second-order valence-corrected chi connectivity index (χ2v) is 1.74. The Bertz CT molecular complexity index is 169. The van der Waals surface area contributed by atoms with E-state index < -0.39 is 0 Å². The molecule has 1 rings (SSSR count). The van der Waals surface area contributed by atoms with Crippen LogP contribution in [0, 0.1) is 0 Å². The van der Waals surface area contributed by atoms with Gasteiger partial charge in [0.15, 0.2) is 0 Å². The standard InChI is InChI=1S/C6H6O3/c7-4-3-5-1-2-6(8)9-5/h3-4H,1-2H2/b5-3+. The maximum atomic E-state index is 10.3. The van der Waals surface area contributed by atoms with E-state index in [9.17, 15) is 9.59 Å². The van der Waals surface area contributed by atoms with E-state index in [1.54, 1.807) is 0 Å². The summed E-state index contributed by atoms with van der Waals surface area (Å²) in [4.78, 5) is 20.1. The van der Waals surface area contributed by atoms with Crippen molar-refractivity contribution in [2.75, 3.05) is 0 Å². The summed E-state index contributed by atoms with van der Waals surface area (Å²) in [7, 11) is 0. The smallest absolute Gasteiger partial charge is 0.311 e. The van der Waals surface area contributed by atoms with Gasteiger partial charge in [-0.2, -0.15) is 0 Å². The monoisotopic (exact) mass is 126 g/mol. The van der Waals surface area contributed by atoms with E-state index in [1.165, 1.54) is 6.08 Å². The lowest BCUT2D eigenvalue weighted by Crippen LogP contribution is -1.88. The predicted octanol–water partition coefficient (Wildman–Crippen LogP) is 0.406. The number of allylic oxidation sites excluding steroid dienone is 2. The van der Waals surface area contributed by atoms with Crippen LogP contribution in [0.4, 0.5) is 0 Å². The summed E-state index contributed by atoms with van der Waals surface area (Å²) >= 11 is 0. The van der Waals surface area contributed by atoms with Gasteiger partial charge in [0, 0.05) is 12.5 Å². The van der Waals surface area contributed by atoms with Crippen molar-refractivity contribution in [1.29, 1.82) is 0 Å². The third kappa shape index (κ3) is 1.38. The Morgan fingerprint density at radius 1 is 1.44 bits per heavy atom. The van der Waals surface area contributed by atoms with Gasteiger partial charge in [0.25, 0.3) is 0 Å². The number of rotatable bonds is 1. The van der Waals surface area contributed by atoms with Crippen LogP contribution in [0.15, 0.2) is 11.8 Å². The molecule has 0 N–H and O–H groups in total. The van der Waals surface area contributed by atoms with Crippen molar-refractivity contribution >= 4 is 12.3 Å². The Hall–Kier alpha value is -1.12. The van der Waals surface area contributed by atoms with Crippen LogP contribution in [0.3, 0.4) is 0 Å². The second-order valence-electron chi connectivity index (χ2n) is 1.74. The van der Waals surface area contributed by atoms with Gasteiger partial charge in [0.2, 0.25) is 0 Å². The molecule has 3 nitrogen and oxygen atoms in total. The Morgan fingerprint density at radius 3 is 2.67 bits per heavy atom. The van der Waals surface area contributed by atoms with Crippen molar-refractivity contribution in [3.63, 3.8) is 0 Å². The van der Waals surface area contributed by atoms with Crippen LogP contribution < -0.4 is 0 Å². The van der Waals surface area contributed by atoms with Gasteiger partial charge in [0.1, 0.15) is 12.0 Å². The molecule has 0 atom stereocenters. The van der Waals surface area contributed by atoms with Crippen molar-refractivity contribution < 1.29 is 14.3 Å². The molecule has 9 heavy (non-hydrogen) atoms. The second kappa shape index (κ2) is 2.44. The zero-order chi connectivity index (χ0) is 6.69. The van der Waals surface area contributed by atoms with E-state index >= 15 is 0 Å². The average molecular weight is 126 g/mol.